The standard InChI is InChI=1S/C19H30FN3O.HI/c1-3-21-19(22-11-7-17-5-4-6-18(20)15-17)23(2)12-8-16-9-13-24-14-10-16;/h4-6,15-16H,3,7-14H2,1-2H3,(H,21,22);1H. The maximum Gasteiger partial charge on any atom is 0.193 e. The Morgan fingerprint density at radius 3 is 2.80 bits per heavy atom. The largest absolute Gasteiger partial charge is 0.381 e. The molecule has 1 aromatic rings. The van der Waals surface area contributed by atoms with E-state index in [9.17, 15) is 4.39 Å². The van der Waals surface area contributed by atoms with E-state index in [2.05, 4.69) is 29.2 Å². The predicted octanol–water partition coefficient (Wildman–Crippen LogP) is 3.70. The first-order valence-electron chi connectivity index (χ1n) is 9.00. The van der Waals surface area contributed by atoms with Crippen molar-refractivity contribution in [2.24, 2.45) is 10.9 Å². The molecule has 1 fully saturated rings. The first kappa shape index (κ1) is 22.2. The normalized spacial score (nSPS) is 15.6. The molecule has 1 aromatic carbocycles. The van der Waals surface area contributed by atoms with E-state index in [0.29, 0.717) is 6.54 Å². The fourth-order valence-electron chi connectivity index (χ4n) is 2.97. The Bertz CT molecular complexity index is 521. The molecular weight excluding hydrogens is 432 g/mol. The van der Waals surface area contributed by atoms with Crippen LogP contribution in [0.3, 0.4) is 0 Å². The minimum Gasteiger partial charge on any atom is -0.381 e. The summed E-state index contributed by atoms with van der Waals surface area (Å²) in [6, 6.07) is 6.75. The molecule has 2 rings (SSSR count). The van der Waals surface area contributed by atoms with Crippen molar-refractivity contribution in [2.75, 3.05) is 39.9 Å². The van der Waals surface area contributed by atoms with Crippen LogP contribution in [-0.4, -0.2) is 50.8 Å². The van der Waals surface area contributed by atoms with E-state index in [-0.39, 0.29) is 29.8 Å². The van der Waals surface area contributed by atoms with Crippen LogP contribution in [0.15, 0.2) is 29.3 Å². The number of nitrogens with one attached hydrogen (secondary N) is 1. The highest BCUT2D eigenvalue weighted by Crippen LogP contribution is 2.18. The monoisotopic (exact) mass is 463 g/mol. The molecule has 142 valence electrons. The second kappa shape index (κ2) is 12.5. The smallest absolute Gasteiger partial charge is 0.193 e. The van der Waals surface area contributed by atoms with Gasteiger partial charge in [0.25, 0.3) is 0 Å². The van der Waals surface area contributed by atoms with Crippen molar-refractivity contribution in [3.8, 4) is 0 Å². The van der Waals surface area contributed by atoms with E-state index in [0.717, 1.165) is 50.2 Å². The Morgan fingerprint density at radius 1 is 1.36 bits per heavy atom. The summed E-state index contributed by atoms with van der Waals surface area (Å²) >= 11 is 0. The van der Waals surface area contributed by atoms with E-state index in [4.69, 9.17) is 4.74 Å². The van der Waals surface area contributed by atoms with Gasteiger partial charge in [0, 0.05) is 39.9 Å². The van der Waals surface area contributed by atoms with Crippen LogP contribution in [0, 0.1) is 11.7 Å². The molecule has 0 radical (unpaired) electrons. The number of guanidine groups is 1. The van der Waals surface area contributed by atoms with E-state index >= 15 is 0 Å². The van der Waals surface area contributed by atoms with Gasteiger partial charge in [-0.3, -0.25) is 4.99 Å². The molecule has 6 heteroatoms. The van der Waals surface area contributed by atoms with Gasteiger partial charge in [-0.15, -0.1) is 24.0 Å². The van der Waals surface area contributed by atoms with Gasteiger partial charge in [0.05, 0.1) is 0 Å². The summed E-state index contributed by atoms with van der Waals surface area (Å²) in [5.74, 6) is 1.51. The van der Waals surface area contributed by atoms with Crippen molar-refractivity contribution in [3.63, 3.8) is 0 Å². The zero-order valence-corrected chi connectivity index (χ0v) is 17.7. The summed E-state index contributed by atoms with van der Waals surface area (Å²) in [7, 11) is 2.09. The van der Waals surface area contributed by atoms with Gasteiger partial charge in [-0.25, -0.2) is 4.39 Å². The maximum atomic E-state index is 13.2. The van der Waals surface area contributed by atoms with Gasteiger partial charge in [-0.05, 0) is 56.2 Å². The summed E-state index contributed by atoms with van der Waals surface area (Å²) in [5.41, 5.74) is 0.986. The molecule has 1 aliphatic rings. The zero-order chi connectivity index (χ0) is 17.2. The van der Waals surface area contributed by atoms with Crippen molar-refractivity contribution >= 4 is 29.9 Å². The summed E-state index contributed by atoms with van der Waals surface area (Å²) in [6.45, 7) is 6.38. The molecular formula is C19H31FIN3O. The molecule has 1 N–H and O–H groups in total. The quantitative estimate of drug-likeness (QED) is 0.381. The highest BCUT2D eigenvalue weighted by molar-refractivity contribution is 14.0. The van der Waals surface area contributed by atoms with E-state index < -0.39 is 0 Å². The van der Waals surface area contributed by atoms with Crippen LogP contribution in [-0.2, 0) is 11.2 Å². The van der Waals surface area contributed by atoms with Crippen LogP contribution in [0.2, 0.25) is 0 Å². The number of benzene rings is 1. The van der Waals surface area contributed by atoms with Crippen LogP contribution in [0.25, 0.3) is 0 Å². The topological polar surface area (TPSA) is 36.9 Å². The molecule has 1 heterocycles. The lowest BCUT2D eigenvalue weighted by Crippen LogP contribution is -2.40. The second-order valence-electron chi connectivity index (χ2n) is 6.38. The lowest BCUT2D eigenvalue weighted by atomic mass is 9.96. The molecule has 0 aromatic heterocycles. The molecule has 25 heavy (non-hydrogen) atoms. The fourth-order valence-corrected chi connectivity index (χ4v) is 2.97. The molecule has 0 saturated carbocycles. The van der Waals surface area contributed by atoms with Gasteiger partial charge in [-0.2, -0.15) is 0 Å². The van der Waals surface area contributed by atoms with Gasteiger partial charge in [-0.1, -0.05) is 12.1 Å². The Balaban J connectivity index is 0.00000312. The number of aliphatic imine (C=N–C) groups is 1. The minimum atomic E-state index is -0.183. The summed E-state index contributed by atoms with van der Waals surface area (Å²) in [6.07, 6.45) is 4.26. The fraction of sp³-hybridized carbons (Fsp3) is 0.632. The van der Waals surface area contributed by atoms with E-state index in [1.54, 1.807) is 12.1 Å². The van der Waals surface area contributed by atoms with Gasteiger partial charge in [0.1, 0.15) is 5.82 Å². The van der Waals surface area contributed by atoms with Gasteiger partial charge < -0.3 is 15.0 Å². The molecule has 0 spiro atoms. The van der Waals surface area contributed by atoms with Crippen LogP contribution in [0.1, 0.15) is 31.7 Å². The Morgan fingerprint density at radius 2 is 2.12 bits per heavy atom. The minimum absolute atomic E-state index is 0. The number of hydrogen-bond donors (Lipinski definition) is 1. The molecule has 0 bridgehead atoms. The molecule has 4 nitrogen and oxygen atoms in total. The van der Waals surface area contributed by atoms with Crippen LogP contribution in [0.5, 0.6) is 0 Å². The average Bonchev–Trinajstić information content (AvgIpc) is 2.60. The summed E-state index contributed by atoms with van der Waals surface area (Å²) in [4.78, 5) is 6.89. The van der Waals surface area contributed by atoms with Crippen molar-refractivity contribution in [1.29, 1.82) is 0 Å². The SMILES string of the molecule is CCNC(=NCCc1cccc(F)c1)N(C)CCC1CCOCC1.I. The maximum absolute atomic E-state index is 13.2. The van der Waals surface area contributed by atoms with Gasteiger partial charge >= 0.3 is 0 Å². The number of nitrogens with zero attached hydrogens (tertiary/aromatic N) is 2. The zero-order valence-electron chi connectivity index (χ0n) is 15.3. The first-order chi connectivity index (χ1) is 11.7. The number of halogens is 2. The third-order valence-corrected chi connectivity index (χ3v) is 4.46. The van der Waals surface area contributed by atoms with E-state index in [1.165, 1.54) is 25.3 Å². The van der Waals surface area contributed by atoms with Gasteiger partial charge in [0.15, 0.2) is 5.96 Å². The molecule has 1 aliphatic heterocycles. The highest BCUT2D eigenvalue weighted by atomic mass is 127. The van der Waals surface area contributed by atoms with Crippen molar-refractivity contribution < 1.29 is 9.13 Å². The van der Waals surface area contributed by atoms with Crippen molar-refractivity contribution in [1.82, 2.24) is 10.2 Å². The lowest BCUT2D eigenvalue weighted by molar-refractivity contribution is 0.0625. The molecule has 0 atom stereocenters. The Labute approximate surface area is 168 Å². The predicted molar refractivity (Wildman–Crippen MR) is 112 cm³/mol. The Kier molecular flexibility index (Phi) is 11.0. The van der Waals surface area contributed by atoms with Crippen LogP contribution in [0.4, 0.5) is 4.39 Å². The molecule has 0 unspecified atom stereocenters. The molecule has 1 saturated heterocycles. The molecule has 0 aliphatic carbocycles. The van der Waals surface area contributed by atoms with Gasteiger partial charge in [0.2, 0.25) is 0 Å². The van der Waals surface area contributed by atoms with Crippen LogP contribution < -0.4 is 5.32 Å². The van der Waals surface area contributed by atoms with Crippen LogP contribution >= 0.6 is 24.0 Å². The van der Waals surface area contributed by atoms with Crippen molar-refractivity contribution in [3.05, 3.63) is 35.6 Å². The average molecular weight is 463 g/mol. The number of ether oxygens (including phenoxy) is 1. The number of rotatable bonds is 7. The third-order valence-electron chi connectivity index (χ3n) is 4.46. The van der Waals surface area contributed by atoms with Crippen molar-refractivity contribution in [2.45, 2.75) is 32.6 Å². The lowest BCUT2D eigenvalue weighted by Gasteiger charge is -2.26. The summed E-state index contributed by atoms with van der Waals surface area (Å²) in [5, 5.41) is 3.34. The highest BCUT2D eigenvalue weighted by Gasteiger charge is 2.15. The second-order valence-corrected chi connectivity index (χ2v) is 6.38. The first-order valence-corrected chi connectivity index (χ1v) is 9.00. The number of hydrogen-bond acceptors (Lipinski definition) is 2. The Hall–Kier alpha value is -0.890. The van der Waals surface area contributed by atoms with E-state index in [1.807, 2.05) is 6.07 Å². The summed E-state index contributed by atoms with van der Waals surface area (Å²) < 4.78 is 18.6. The molecule has 0 amide bonds. The third kappa shape index (κ3) is 8.35.